The summed E-state index contributed by atoms with van der Waals surface area (Å²) in [6, 6.07) is 12.1. The predicted molar refractivity (Wildman–Crippen MR) is 98.1 cm³/mol. The number of nitrogens with one attached hydrogen (secondary N) is 1. The fraction of sp³-hybridized carbons (Fsp3) is 0.222. The lowest BCUT2D eigenvalue weighted by Gasteiger charge is -2.10. The molecule has 0 amide bonds. The first-order valence-electron chi connectivity index (χ1n) is 8.14. The molecule has 3 aromatic rings. The van der Waals surface area contributed by atoms with Crippen LogP contribution in [0, 0.1) is 0 Å². The van der Waals surface area contributed by atoms with Gasteiger partial charge in [0.15, 0.2) is 11.5 Å². The number of benzene rings is 1. The number of rotatable bonds is 5. The molecule has 0 aliphatic carbocycles. The molecule has 0 saturated carbocycles. The van der Waals surface area contributed by atoms with Crippen molar-refractivity contribution in [1.82, 2.24) is 4.72 Å². The van der Waals surface area contributed by atoms with Gasteiger partial charge in [0.1, 0.15) is 11.5 Å². The Balaban J connectivity index is 1.48. The van der Waals surface area contributed by atoms with E-state index in [1.165, 1.54) is 12.1 Å². The SMILES string of the molecule is O=S(=O)(NCc1ccc(-c2cccs2)o1)c1ccc2c(c1)OCCCO2. The van der Waals surface area contributed by atoms with Crippen molar-refractivity contribution in [2.75, 3.05) is 13.2 Å². The number of fused-ring (bicyclic) bond motifs is 1. The van der Waals surface area contributed by atoms with Gasteiger partial charge < -0.3 is 13.9 Å². The zero-order valence-corrected chi connectivity index (χ0v) is 15.4. The van der Waals surface area contributed by atoms with Crippen LogP contribution in [0.15, 0.2) is 57.2 Å². The largest absolute Gasteiger partial charge is 0.490 e. The van der Waals surface area contributed by atoms with Gasteiger partial charge in [0.25, 0.3) is 0 Å². The minimum absolute atomic E-state index is 0.0716. The monoisotopic (exact) mass is 391 g/mol. The maximum Gasteiger partial charge on any atom is 0.241 e. The quantitative estimate of drug-likeness (QED) is 0.718. The van der Waals surface area contributed by atoms with E-state index in [4.69, 9.17) is 13.9 Å². The van der Waals surface area contributed by atoms with Crippen molar-refractivity contribution >= 4 is 21.4 Å². The third kappa shape index (κ3) is 3.62. The summed E-state index contributed by atoms with van der Waals surface area (Å²) in [6.07, 6.45) is 0.764. The van der Waals surface area contributed by atoms with Crippen LogP contribution in [0.3, 0.4) is 0 Å². The molecule has 0 atom stereocenters. The van der Waals surface area contributed by atoms with Crippen LogP contribution in [0.2, 0.25) is 0 Å². The molecule has 1 aromatic carbocycles. The first kappa shape index (κ1) is 17.1. The van der Waals surface area contributed by atoms with Gasteiger partial charge in [-0.15, -0.1) is 11.3 Å². The molecule has 0 unspecified atom stereocenters. The second-order valence-corrected chi connectivity index (χ2v) is 8.44. The van der Waals surface area contributed by atoms with Crippen molar-refractivity contribution in [3.05, 3.63) is 53.6 Å². The molecule has 3 heterocycles. The van der Waals surface area contributed by atoms with E-state index in [0.717, 1.165) is 17.1 Å². The first-order valence-corrected chi connectivity index (χ1v) is 10.5. The minimum atomic E-state index is -3.69. The topological polar surface area (TPSA) is 77.8 Å². The Morgan fingerprint density at radius 1 is 1.04 bits per heavy atom. The van der Waals surface area contributed by atoms with E-state index in [1.54, 1.807) is 23.5 Å². The molecule has 0 saturated heterocycles. The maximum atomic E-state index is 12.6. The van der Waals surface area contributed by atoms with E-state index in [-0.39, 0.29) is 11.4 Å². The van der Waals surface area contributed by atoms with Gasteiger partial charge in [-0.1, -0.05) is 6.07 Å². The molecule has 0 fully saturated rings. The Hall–Kier alpha value is -2.29. The Morgan fingerprint density at radius 2 is 1.88 bits per heavy atom. The van der Waals surface area contributed by atoms with E-state index in [1.807, 2.05) is 23.6 Å². The summed E-state index contributed by atoms with van der Waals surface area (Å²) >= 11 is 1.57. The fourth-order valence-corrected chi connectivity index (χ4v) is 4.28. The van der Waals surface area contributed by atoms with Gasteiger partial charge in [0.2, 0.25) is 10.0 Å². The van der Waals surface area contributed by atoms with Gasteiger partial charge in [-0.3, -0.25) is 0 Å². The Labute approximate surface area is 155 Å². The highest BCUT2D eigenvalue weighted by molar-refractivity contribution is 7.89. The zero-order valence-electron chi connectivity index (χ0n) is 13.8. The third-order valence-electron chi connectivity index (χ3n) is 3.89. The van der Waals surface area contributed by atoms with Crippen LogP contribution in [0.4, 0.5) is 0 Å². The van der Waals surface area contributed by atoms with Gasteiger partial charge in [-0.25, -0.2) is 13.1 Å². The Morgan fingerprint density at radius 3 is 2.69 bits per heavy atom. The van der Waals surface area contributed by atoms with Crippen molar-refractivity contribution in [3.63, 3.8) is 0 Å². The molecule has 2 aromatic heterocycles. The summed E-state index contributed by atoms with van der Waals surface area (Å²) < 4.78 is 44.5. The van der Waals surface area contributed by atoms with E-state index in [0.29, 0.717) is 30.5 Å². The average Bonchev–Trinajstić information content (AvgIpc) is 3.27. The number of hydrogen-bond acceptors (Lipinski definition) is 6. The highest BCUT2D eigenvalue weighted by Gasteiger charge is 2.19. The van der Waals surface area contributed by atoms with E-state index >= 15 is 0 Å². The fourth-order valence-electron chi connectivity index (χ4n) is 2.58. The molecule has 8 heteroatoms. The molecular weight excluding hydrogens is 374 g/mol. The normalized spacial score (nSPS) is 14.2. The van der Waals surface area contributed by atoms with Crippen LogP contribution in [-0.4, -0.2) is 21.6 Å². The summed E-state index contributed by atoms with van der Waals surface area (Å²) in [7, 11) is -3.69. The lowest BCUT2D eigenvalue weighted by Crippen LogP contribution is -2.23. The molecule has 0 spiro atoms. The molecule has 4 rings (SSSR count). The van der Waals surface area contributed by atoms with Crippen LogP contribution in [0.5, 0.6) is 11.5 Å². The minimum Gasteiger partial charge on any atom is -0.490 e. The molecule has 1 aliphatic heterocycles. The number of ether oxygens (including phenoxy) is 2. The molecule has 26 heavy (non-hydrogen) atoms. The highest BCUT2D eigenvalue weighted by atomic mass is 32.2. The van der Waals surface area contributed by atoms with Gasteiger partial charge in [-0.05, 0) is 35.7 Å². The van der Waals surface area contributed by atoms with Crippen molar-refractivity contribution < 1.29 is 22.3 Å². The van der Waals surface area contributed by atoms with Crippen LogP contribution in [0.1, 0.15) is 12.2 Å². The summed E-state index contributed by atoms with van der Waals surface area (Å²) in [4.78, 5) is 1.13. The number of furan rings is 1. The highest BCUT2D eigenvalue weighted by Crippen LogP contribution is 2.32. The van der Waals surface area contributed by atoms with Crippen molar-refractivity contribution in [2.45, 2.75) is 17.9 Å². The summed E-state index contributed by atoms with van der Waals surface area (Å²) in [5, 5.41) is 1.96. The van der Waals surface area contributed by atoms with Crippen LogP contribution >= 0.6 is 11.3 Å². The van der Waals surface area contributed by atoms with Gasteiger partial charge in [-0.2, -0.15) is 0 Å². The number of hydrogen-bond donors (Lipinski definition) is 1. The van der Waals surface area contributed by atoms with Gasteiger partial charge in [0.05, 0.1) is 29.5 Å². The number of sulfonamides is 1. The standard InChI is InChI=1S/C18H17NO5S2/c20-26(21,14-5-7-15-17(11-14)23-9-2-8-22-15)19-12-13-4-6-16(24-13)18-3-1-10-25-18/h1,3-7,10-11,19H,2,8-9,12H2. The molecule has 0 bridgehead atoms. The van der Waals surface area contributed by atoms with Crippen molar-refractivity contribution in [1.29, 1.82) is 0 Å². The van der Waals surface area contributed by atoms with Gasteiger partial charge in [0, 0.05) is 12.5 Å². The van der Waals surface area contributed by atoms with Gasteiger partial charge >= 0.3 is 0 Å². The zero-order chi connectivity index (χ0) is 18.0. The summed E-state index contributed by atoms with van der Waals surface area (Å²) in [5.74, 6) is 2.28. The molecule has 1 N–H and O–H groups in total. The Bertz CT molecular complexity index is 993. The number of thiophene rings is 1. The predicted octanol–water partition coefficient (Wildman–Crippen LogP) is 3.65. The molecule has 0 radical (unpaired) electrons. The van der Waals surface area contributed by atoms with E-state index in [2.05, 4.69) is 4.72 Å². The third-order valence-corrected chi connectivity index (χ3v) is 6.17. The van der Waals surface area contributed by atoms with E-state index in [9.17, 15) is 8.42 Å². The van der Waals surface area contributed by atoms with Crippen molar-refractivity contribution in [3.8, 4) is 22.1 Å². The summed E-state index contributed by atoms with van der Waals surface area (Å²) in [5.41, 5.74) is 0. The second kappa shape index (κ2) is 7.14. The lowest BCUT2D eigenvalue weighted by molar-refractivity contribution is 0.297. The first-order chi connectivity index (χ1) is 12.6. The summed E-state index contributed by atoms with van der Waals surface area (Å²) in [6.45, 7) is 1.13. The molecular formula is C18H17NO5S2. The average molecular weight is 391 g/mol. The van der Waals surface area contributed by atoms with Crippen LogP contribution in [0.25, 0.3) is 10.6 Å². The molecule has 1 aliphatic rings. The maximum absolute atomic E-state index is 12.6. The lowest BCUT2D eigenvalue weighted by atomic mass is 10.3. The van der Waals surface area contributed by atoms with Crippen molar-refractivity contribution in [2.24, 2.45) is 0 Å². The van der Waals surface area contributed by atoms with Crippen LogP contribution < -0.4 is 14.2 Å². The molecule has 136 valence electrons. The second-order valence-electron chi connectivity index (χ2n) is 5.73. The smallest absolute Gasteiger partial charge is 0.241 e. The Kier molecular flexibility index (Phi) is 4.71. The van der Waals surface area contributed by atoms with Crippen LogP contribution in [-0.2, 0) is 16.6 Å². The van der Waals surface area contributed by atoms with E-state index < -0.39 is 10.0 Å². The molecule has 6 nitrogen and oxygen atoms in total.